The van der Waals surface area contributed by atoms with Gasteiger partial charge in [0, 0.05) is 5.56 Å². The molecule has 2 rings (SSSR count). The van der Waals surface area contributed by atoms with Crippen molar-refractivity contribution in [3.8, 4) is 17.2 Å². The van der Waals surface area contributed by atoms with E-state index < -0.39 is 17.7 Å². The molecule has 0 amide bonds. The van der Waals surface area contributed by atoms with E-state index in [1.807, 2.05) is 6.07 Å². The van der Waals surface area contributed by atoms with E-state index in [-0.39, 0.29) is 21.6 Å². The molecule has 0 aliphatic rings. The van der Waals surface area contributed by atoms with Crippen LogP contribution in [0, 0.1) is 11.3 Å². The lowest BCUT2D eigenvalue weighted by atomic mass is 10.00. The van der Waals surface area contributed by atoms with Crippen LogP contribution in [0.5, 0.6) is 0 Å². The van der Waals surface area contributed by atoms with Crippen molar-refractivity contribution >= 4 is 29.1 Å². The van der Waals surface area contributed by atoms with Crippen molar-refractivity contribution < 1.29 is 23.1 Å². The summed E-state index contributed by atoms with van der Waals surface area (Å²) in [6, 6.07) is 6.22. The third kappa shape index (κ3) is 2.96. The number of carboxylic acid groups (broad SMARTS) is 1. The molecule has 0 unspecified atom stereocenters. The van der Waals surface area contributed by atoms with Gasteiger partial charge < -0.3 is 5.11 Å². The first-order valence-corrected chi connectivity index (χ1v) is 7.85. The predicted molar refractivity (Wildman–Crippen MR) is 78.2 cm³/mol. The monoisotopic (exact) mass is 343 g/mol. The molecule has 0 atom stereocenters. The quantitative estimate of drug-likeness (QED) is 0.819. The number of aromatic carboxylic acids is 1. The Labute approximate surface area is 132 Å². The molecule has 2 aromatic rings. The van der Waals surface area contributed by atoms with Gasteiger partial charge in [0.15, 0.2) is 0 Å². The van der Waals surface area contributed by atoms with Crippen molar-refractivity contribution in [1.82, 2.24) is 0 Å². The third-order valence-electron chi connectivity index (χ3n) is 2.85. The second-order valence-electron chi connectivity index (χ2n) is 4.17. The molecule has 0 spiro atoms. The number of halogens is 3. The van der Waals surface area contributed by atoms with Crippen LogP contribution in [0.15, 0.2) is 28.5 Å². The smallest absolute Gasteiger partial charge is 0.416 e. The summed E-state index contributed by atoms with van der Waals surface area (Å²) in [7, 11) is 0. The van der Waals surface area contributed by atoms with E-state index in [4.69, 9.17) is 0 Å². The number of benzene rings is 1. The molecule has 3 nitrogen and oxygen atoms in total. The average Bonchev–Trinajstić information content (AvgIpc) is 2.85. The summed E-state index contributed by atoms with van der Waals surface area (Å²) in [6.45, 7) is 0. The highest BCUT2D eigenvalue weighted by molar-refractivity contribution is 8.00. The first kappa shape index (κ1) is 16.4. The van der Waals surface area contributed by atoms with E-state index in [0.717, 1.165) is 23.5 Å². The van der Waals surface area contributed by atoms with Crippen molar-refractivity contribution in [2.24, 2.45) is 0 Å². The van der Waals surface area contributed by atoms with Crippen LogP contribution < -0.4 is 0 Å². The molecule has 8 heteroatoms. The molecule has 1 N–H and O–H groups in total. The molecule has 0 fully saturated rings. The maximum Gasteiger partial charge on any atom is 0.416 e. The van der Waals surface area contributed by atoms with Gasteiger partial charge in [-0.15, -0.1) is 23.1 Å². The maximum atomic E-state index is 12.8. The highest BCUT2D eigenvalue weighted by atomic mass is 32.2. The molecular weight excluding hydrogens is 335 g/mol. The summed E-state index contributed by atoms with van der Waals surface area (Å²) in [5.74, 6) is -1.27. The lowest BCUT2D eigenvalue weighted by Gasteiger charge is -2.09. The number of carbonyl (C=O) groups is 1. The SMILES string of the molecule is CSc1sc(C(=O)O)c(-c2cccc(C(F)(F)F)c2)c1C#N. The zero-order chi connectivity index (χ0) is 16.5. The molecule has 0 aliphatic carbocycles. The van der Waals surface area contributed by atoms with E-state index >= 15 is 0 Å². The molecule has 0 bridgehead atoms. The summed E-state index contributed by atoms with van der Waals surface area (Å²) in [5, 5.41) is 18.5. The number of thioether (sulfide) groups is 1. The molecule has 0 aliphatic heterocycles. The summed E-state index contributed by atoms with van der Waals surface area (Å²) >= 11 is 2.07. The van der Waals surface area contributed by atoms with Crippen LogP contribution in [0.25, 0.3) is 11.1 Å². The molecule has 1 aromatic carbocycles. The summed E-state index contributed by atoms with van der Waals surface area (Å²) in [4.78, 5) is 11.2. The van der Waals surface area contributed by atoms with Crippen LogP contribution in [0.4, 0.5) is 13.2 Å². The topological polar surface area (TPSA) is 61.1 Å². The van der Waals surface area contributed by atoms with Gasteiger partial charge in [-0.2, -0.15) is 18.4 Å². The van der Waals surface area contributed by atoms with Crippen molar-refractivity contribution in [2.45, 2.75) is 10.4 Å². The predicted octanol–water partition coefficient (Wildman–Crippen LogP) is 4.73. The van der Waals surface area contributed by atoms with Gasteiger partial charge in [0.2, 0.25) is 0 Å². The number of hydrogen-bond acceptors (Lipinski definition) is 4. The van der Waals surface area contributed by atoms with Crippen molar-refractivity contribution in [3.05, 3.63) is 40.3 Å². The Morgan fingerprint density at radius 2 is 2.09 bits per heavy atom. The molecule has 0 saturated carbocycles. The second kappa shape index (κ2) is 6.02. The first-order chi connectivity index (χ1) is 10.3. The minimum Gasteiger partial charge on any atom is -0.477 e. The van der Waals surface area contributed by atoms with Gasteiger partial charge in [-0.1, -0.05) is 12.1 Å². The fourth-order valence-electron chi connectivity index (χ4n) is 1.93. The van der Waals surface area contributed by atoms with E-state index in [1.165, 1.54) is 23.9 Å². The fourth-order valence-corrected chi connectivity index (χ4v) is 3.71. The minimum atomic E-state index is -4.54. The summed E-state index contributed by atoms with van der Waals surface area (Å²) in [5.41, 5.74) is -0.688. The van der Waals surface area contributed by atoms with Gasteiger partial charge in [0.1, 0.15) is 10.9 Å². The van der Waals surface area contributed by atoms with Crippen LogP contribution >= 0.6 is 23.1 Å². The number of carboxylic acids is 1. The Kier molecular flexibility index (Phi) is 4.49. The van der Waals surface area contributed by atoms with Gasteiger partial charge in [0.25, 0.3) is 0 Å². The van der Waals surface area contributed by atoms with Gasteiger partial charge in [0.05, 0.1) is 15.3 Å². The zero-order valence-corrected chi connectivity index (χ0v) is 12.7. The van der Waals surface area contributed by atoms with Gasteiger partial charge in [-0.3, -0.25) is 0 Å². The Morgan fingerprint density at radius 1 is 1.41 bits per heavy atom. The molecule has 22 heavy (non-hydrogen) atoms. The zero-order valence-electron chi connectivity index (χ0n) is 11.1. The molecule has 0 saturated heterocycles. The summed E-state index contributed by atoms with van der Waals surface area (Å²) < 4.78 is 38.9. The second-order valence-corrected chi connectivity index (χ2v) is 6.26. The van der Waals surface area contributed by atoms with Crippen LogP contribution in [-0.2, 0) is 6.18 Å². The molecule has 1 heterocycles. The van der Waals surface area contributed by atoms with E-state index in [1.54, 1.807) is 6.26 Å². The van der Waals surface area contributed by atoms with Crippen LogP contribution in [0.3, 0.4) is 0 Å². The minimum absolute atomic E-state index is 0.0375. The van der Waals surface area contributed by atoms with Gasteiger partial charge in [-0.05, 0) is 24.0 Å². The first-order valence-electron chi connectivity index (χ1n) is 5.81. The summed E-state index contributed by atoms with van der Waals surface area (Å²) in [6.07, 6.45) is -2.86. The van der Waals surface area contributed by atoms with Crippen LogP contribution in [-0.4, -0.2) is 17.3 Å². The Bertz CT molecular complexity index is 775. The third-order valence-corrected chi connectivity index (χ3v) is 5.14. The number of nitriles is 1. The van der Waals surface area contributed by atoms with Gasteiger partial charge in [-0.25, -0.2) is 4.79 Å². The number of thiophene rings is 1. The lowest BCUT2D eigenvalue weighted by molar-refractivity contribution is -0.137. The normalized spacial score (nSPS) is 11.2. The molecule has 114 valence electrons. The Morgan fingerprint density at radius 3 is 2.59 bits per heavy atom. The van der Waals surface area contributed by atoms with E-state index in [0.29, 0.717) is 4.21 Å². The largest absolute Gasteiger partial charge is 0.477 e. The molecule has 0 radical (unpaired) electrons. The Balaban J connectivity index is 2.74. The Hall–Kier alpha value is -1.98. The van der Waals surface area contributed by atoms with Crippen LogP contribution in [0.1, 0.15) is 20.8 Å². The van der Waals surface area contributed by atoms with E-state index in [2.05, 4.69) is 0 Å². The molecule has 1 aromatic heterocycles. The van der Waals surface area contributed by atoms with Crippen molar-refractivity contribution in [3.63, 3.8) is 0 Å². The average molecular weight is 343 g/mol. The van der Waals surface area contributed by atoms with E-state index in [9.17, 15) is 28.3 Å². The van der Waals surface area contributed by atoms with Gasteiger partial charge >= 0.3 is 12.1 Å². The molecular formula is C14H8F3NO2S2. The maximum absolute atomic E-state index is 12.8. The number of rotatable bonds is 3. The van der Waals surface area contributed by atoms with Crippen molar-refractivity contribution in [2.75, 3.05) is 6.26 Å². The fraction of sp³-hybridized carbons (Fsp3) is 0.143. The number of nitrogens with zero attached hydrogens (tertiary/aromatic N) is 1. The number of hydrogen-bond donors (Lipinski definition) is 1. The van der Waals surface area contributed by atoms with Crippen LogP contribution in [0.2, 0.25) is 0 Å². The van der Waals surface area contributed by atoms with Crippen molar-refractivity contribution in [1.29, 1.82) is 5.26 Å². The lowest BCUT2D eigenvalue weighted by Crippen LogP contribution is -2.05. The highest BCUT2D eigenvalue weighted by Gasteiger charge is 2.31. The number of alkyl halides is 3. The highest BCUT2D eigenvalue weighted by Crippen LogP contribution is 2.42. The standard InChI is InChI=1S/C14H8F3NO2S2/c1-21-13-9(6-18)10(11(22-13)12(19)20)7-3-2-4-8(5-7)14(15,16)17/h2-5H,1H3,(H,19,20).